The Bertz CT molecular complexity index is 638. The van der Waals surface area contributed by atoms with E-state index in [2.05, 4.69) is 15.6 Å². The molecule has 2 aromatic rings. The van der Waals surface area contributed by atoms with Crippen molar-refractivity contribution in [1.82, 2.24) is 15.6 Å². The number of ether oxygens (including phenoxy) is 1. The molecule has 1 amide bonds. The van der Waals surface area contributed by atoms with Gasteiger partial charge in [-0.3, -0.25) is 9.78 Å². The Morgan fingerprint density at radius 2 is 1.92 bits per heavy atom. The van der Waals surface area contributed by atoms with Crippen molar-refractivity contribution in [2.45, 2.75) is 26.7 Å². The first-order valence-electron chi connectivity index (χ1n) is 8.63. The van der Waals surface area contributed by atoms with Gasteiger partial charge in [-0.05, 0) is 31.5 Å². The van der Waals surface area contributed by atoms with Gasteiger partial charge in [0.1, 0.15) is 17.9 Å². The van der Waals surface area contributed by atoms with E-state index in [1.54, 1.807) is 6.20 Å². The third kappa shape index (κ3) is 5.81. The molecule has 0 fully saturated rings. The van der Waals surface area contributed by atoms with Crippen LogP contribution in [0.15, 0.2) is 36.5 Å². The smallest absolute Gasteiger partial charge is 0.222 e. The minimum atomic E-state index is 0.0591. The van der Waals surface area contributed by atoms with E-state index in [9.17, 15) is 4.79 Å². The molecule has 0 radical (unpaired) electrons. The maximum Gasteiger partial charge on any atom is 0.222 e. The number of rotatable bonds is 10. The molecule has 130 valence electrons. The van der Waals surface area contributed by atoms with E-state index in [4.69, 9.17) is 4.74 Å². The number of carbonyl (C=O) groups is 1. The highest BCUT2D eigenvalue weighted by atomic mass is 16.5. The van der Waals surface area contributed by atoms with Crippen LogP contribution in [0.2, 0.25) is 0 Å². The van der Waals surface area contributed by atoms with Crippen molar-refractivity contribution in [3.8, 4) is 5.75 Å². The second-order valence-corrected chi connectivity index (χ2v) is 6.08. The van der Waals surface area contributed by atoms with Crippen LogP contribution in [0.4, 0.5) is 0 Å². The van der Waals surface area contributed by atoms with Gasteiger partial charge in [0.05, 0.1) is 0 Å². The molecule has 0 spiro atoms. The predicted molar refractivity (Wildman–Crippen MR) is 97.2 cm³/mol. The lowest BCUT2D eigenvalue weighted by molar-refractivity contribution is -0.123. The largest absolute Gasteiger partial charge is 0.490 e. The van der Waals surface area contributed by atoms with Crippen LogP contribution < -0.4 is 15.4 Å². The Kier molecular flexibility index (Phi) is 7.49. The van der Waals surface area contributed by atoms with Crippen molar-refractivity contribution in [3.63, 3.8) is 0 Å². The first kappa shape index (κ1) is 18.2. The van der Waals surface area contributed by atoms with E-state index in [-0.39, 0.29) is 11.8 Å². The summed E-state index contributed by atoms with van der Waals surface area (Å²) in [5.41, 5.74) is 0.904. The van der Waals surface area contributed by atoms with Gasteiger partial charge in [0.15, 0.2) is 0 Å². The first-order valence-corrected chi connectivity index (χ1v) is 8.63. The van der Waals surface area contributed by atoms with Crippen molar-refractivity contribution in [2.75, 3.05) is 26.2 Å². The van der Waals surface area contributed by atoms with Gasteiger partial charge in [-0.25, -0.2) is 0 Å². The zero-order valence-corrected chi connectivity index (χ0v) is 14.5. The molecule has 5 nitrogen and oxygen atoms in total. The molecule has 0 saturated carbocycles. The lowest BCUT2D eigenvalue weighted by Crippen LogP contribution is -2.29. The molecule has 1 aromatic heterocycles. The second kappa shape index (κ2) is 9.88. The van der Waals surface area contributed by atoms with E-state index in [1.807, 2.05) is 44.2 Å². The summed E-state index contributed by atoms with van der Waals surface area (Å²) in [7, 11) is 0. The maximum absolute atomic E-state index is 11.4. The average molecular weight is 329 g/mol. The fourth-order valence-corrected chi connectivity index (χ4v) is 2.34. The van der Waals surface area contributed by atoms with Gasteiger partial charge >= 0.3 is 0 Å². The molecule has 5 heteroatoms. The Balaban J connectivity index is 1.56. The van der Waals surface area contributed by atoms with Crippen molar-refractivity contribution in [2.24, 2.45) is 5.92 Å². The maximum atomic E-state index is 11.4. The molecule has 0 saturated heterocycles. The van der Waals surface area contributed by atoms with Crippen molar-refractivity contribution in [1.29, 1.82) is 0 Å². The Morgan fingerprint density at radius 1 is 1.12 bits per heavy atom. The summed E-state index contributed by atoms with van der Waals surface area (Å²) in [6, 6.07) is 9.93. The lowest BCUT2D eigenvalue weighted by Gasteiger charge is -2.10. The van der Waals surface area contributed by atoms with Crippen LogP contribution >= 0.6 is 0 Å². The fourth-order valence-electron chi connectivity index (χ4n) is 2.34. The standard InChI is InChI=1S/C19H27N3O2/c1-15(2)19(23)22-11-4-3-10-20-13-14-24-17-9-5-7-16-8-6-12-21-18(16)17/h5-9,12,15,20H,3-4,10-11,13-14H2,1-2H3,(H,22,23). The molecular weight excluding hydrogens is 302 g/mol. The van der Waals surface area contributed by atoms with Crippen molar-refractivity contribution < 1.29 is 9.53 Å². The van der Waals surface area contributed by atoms with Crippen LogP contribution in [-0.4, -0.2) is 37.1 Å². The van der Waals surface area contributed by atoms with Crippen LogP contribution in [0.5, 0.6) is 5.75 Å². The number of hydrogen-bond acceptors (Lipinski definition) is 4. The number of fused-ring (bicyclic) bond motifs is 1. The quantitative estimate of drug-likeness (QED) is 0.658. The first-order chi connectivity index (χ1) is 11.7. The molecule has 0 aliphatic carbocycles. The molecule has 0 unspecified atom stereocenters. The van der Waals surface area contributed by atoms with Crippen LogP contribution in [0.25, 0.3) is 10.9 Å². The minimum Gasteiger partial charge on any atom is -0.490 e. The molecule has 2 rings (SSSR count). The Labute approximate surface area is 143 Å². The van der Waals surface area contributed by atoms with E-state index < -0.39 is 0 Å². The summed E-state index contributed by atoms with van der Waals surface area (Å²) in [6.45, 7) is 6.89. The number of aromatic nitrogens is 1. The summed E-state index contributed by atoms with van der Waals surface area (Å²) in [4.78, 5) is 15.8. The monoisotopic (exact) mass is 329 g/mol. The van der Waals surface area contributed by atoms with Crippen LogP contribution in [0.3, 0.4) is 0 Å². The molecule has 0 aliphatic rings. The molecule has 2 N–H and O–H groups in total. The number of unbranched alkanes of at least 4 members (excludes halogenated alkanes) is 1. The van der Waals surface area contributed by atoms with Gasteiger partial charge in [-0.2, -0.15) is 0 Å². The number of nitrogens with one attached hydrogen (secondary N) is 2. The molecule has 0 aliphatic heterocycles. The number of hydrogen-bond donors (Lipinski definition) is 2. The van der Waals surface area contributed by atoms with Gasteiger partial charge in [0.25, 0.3) is 0 Å². The van der Waals surface area contributed by atoms with Crippen molar-refractivity contribution >= 4 is 16.8 Å². The average Bonchev–Trinajstić information content (AvgIpc) is 2.60. The normalized spacial score (nSPS) is 11.0. The van der Waals surface area contributed by atoms with Gasteiger partial charge in [-0.1, -0.05) is 32.0 Å². The molecule has 0 atom stereocenters. The van der Waals surface area contributed by atoms with E-state index in [0.717, 1.165) is 49.1 Å². The second-order valence-electron chi connectivity index (χ2n) is 6.08. The van der Waals surface area contributed by atoms with Gasteiger partial charge < -0.3 is 15.4 Å². The SMILES string of the molecule is CC(C)C(=O)NCCCCNCCOc1cccc2cccnc12. The van der Waals surface area contributed by atoms with Gasteiger partial charge in [0, 0.05) is 30.6 Å². The zero-order valence-electron chi connectivity index (χ0n) is 14.5. The Hall–Kier alpha value is -2.14. The predicted octanol–water partition coefficient (Wildman–Crippen LogP) is 2.76. The third-order valence-electron chi connectivity index (χ3n) is 3.74. The molecular formula is C19H27N3O2. The van der Waals surface area contributed by atoms with E-state index >= 15 is 0 Å². The summed E-state index contributed by atoms with van der Waals surface area (Å²) in [5.74, 6) is 1.01. The summed E-state index contributed by atoms with van der Waals surface area (Å²) in [5, 5.41) is 7.37. The molecule has 1 heterocycles. The summed E-state index contributed by atoms with van der Waals surface area (Å²) in [6.07, 6.45) is 3.80. The van der Waals surface area contributed by atoms with Gasteiger partial charge in [0.2, 0.25) is 5.91 Å². The topological polar surface area (TPSA) is 63.2 Å². The third-order valence-corrected chi connectivity index (χ3v) is 3.74. The number of pyridine rings is 1. The van der Waals surface area contributed by atoms with Crippen LogP contribution in [0, 0.1) is 5.92 Å². The number of nitrogens with zero attached hydrogens (tertiary/aromatic N) is 1. The molecule has 24 heavy (non-hydrogen) atoms. The zero-order chi connectivity index (χ0) is 17.2. The molecule has 1 aromatic carbocycles. The highest BCUT2D eigenvalue weighted by Crippen LogP contribution is 2.22. The lowest BCUT2D eigenvalue weighted by atomic mass is 10.2. The number of carbonyl (C=O) groups excluding carboxylic acids is 1. The van der Waals surface area contributed by atoms with E-state index in [1.165, 1.54) is 0 Å². The minimum absolute atomic E-state index is 0.0591. The van der Waals surface area contributed by atoms with Gasteiger partial charge in [-0.15, -0.1) is 0 Å². The number of benzene rings is 1. The van der Waals surface area contributed by atoms with Crippen molar-refractivity contribution in [3.05, 3.63) is 36.5 Å². The van der Waals surface area contributed by atoms with E-state index in [0.29, 0.717) is 6.61 Å². The summed E-state index contributed by atoms with van der Waals surface area (Å²) >= 11 is 0. The summed E-state index contributed by atoms with van der Waals surface area (Å²) < 4.78 is 5.82. The molecule has 0 bridgehead atoms. The fraction of sp³-hybridized carbons (Fsp3) is 0.474. The highest BCUT2D eigenvalue weighted by molar-refractivity contribution is 5.84. The van der Waals surface area contributed by atoms with Crippen LogP contribution in [0.1, 0.15) is 26.7 Å². The Morgan fingerprint density at radius 3 is 2.75 bits per heavy atom. The van der Waals surface area contributed by atoms with Crippen LogP contribution in [-0.2, 0) is 4.79 Å². The highest BCUT2D eigenvalue weighted by Gasteiger charge is 2.04. The number of para-hydroxylation sites is 1. The number of amides is 1.